The van der Waals surface area contributed by atoms with Crippen LogP contribution >= 0.6 is 18.5 Å². The highest BCUT2D eigenvalue weighted by atomic mass is 31.0. The van der Waals surface area contributed by atoms with E-state index >= 15 is 0 Å². The lowest BCUT2D eigenvalue weighted by Crippen LogP contribution is -2.84. The SMILES string of the molecule is CC12CC3(C)OC(C)(CC(C)(O1)C3(CP)C1=C(C3(CP)C4(C)CC5(C)OC(C)(CC3(C)O5)O4)CC([Si](C)(C)C)=C1)O2. The van der Waals surface area contributed by atoms with Crippen LogP contribution in [0.5, 0.6) is 0 Å². The van der Waals surface area contributed by atoms with E-state index in [-0.39, 0.29) is 5.41 Å². The minimum absolute atomic E-state index is 0.376. The molecule has 1 aliphatic carbocycles. The molecule has 8 aliphatic heterocycles. The van der Waals surface area contributed by atoms with Crippen LogP contribution in [0.4, 0.5) is 0 Å². The zero-order valence-electron chi connectivity index (χ0n) is 27.1. The molecule has 0 aromatic heterocycles. The molecule has 230 valence electrons. The number of hydrogen-bond acceptors (Lipinski definition) is 6. The Bertz CT molecular complexity index is 1210. The maximum Gasteiger partial charge on any atom is 0.172 e. The van der Waals surface area contributed by atoms with Crippen molar-refractivity contribution in [2.75, 3.05) is 12.3 Å². The summed E-state index contributed by atoms with van der Waals surface area (Å²) in [6.07, 6.45) is 7.99. The van der Waals surface area contributed by atoms with Gasteiger partial charge in [-0.05, 0) is 79.7 Å². The van der Waals surface area contributed by atoms with Crippen molar-refractivity contribution in [3.63, 3.8) is 0 Å². The van der Waals surface area contributed by atoms with E-state index in [0.717, 1.165) is 18.7 Å². The molecule has 0 aromatic rings. The van der Waals surface area contributed by atoms with Gasteiger partial charge in [-0.15, -0.1) is 18.5 Å². The summed E-state index contributed by atoms with van der Waals surface area (Å²) in [6, 6.07) is 0. The Morgan fingerprint density at radius 1 is 0.585 bits per heavy atom. The Balaban J connectivity index is 1.53. The monoisotopic (exact) mass is 622 g/mol. The summed E-state index contributed by atoms with van der Waals surface area (Å²) in [5.41, 5.74) is 0.205. The zero-order chi connectivity index (χ0) is 30.1. The first-order valence-corrected chi connectivity index (χ1v) is 20.7. The normalized spacial score (nSPS) is 59.0. The summed E-state index contributed by atoms with van der Waals surface area (Å²) in [7, 11) is 4.60. The van der Waals surface area contributed by atoms with Gasteiger partial charge in [0.15, 0.2) is 23.1 Å². The molecule has 8 bridgehead atoms. The fourth-order valence-electron chi connectivity index (χ4n) is 12.0. The van der Waals surface area contributed by atoms with Gasteiger partial charge in [-0.25, -0.2) is 0 Å². The van der Waals surface area contributed by atoms with Crippen molar-refractivity contribution < 1.29 is 28.4 Å². The van der Waals surface area contributed by atoms with Gasteiger partial charge in [0.25, 0.3) is 0 Å². The molecule has 10 unspecified atom stereocenters. The van der Waals surface area contributed by atoms with E-state index in [9.17, 15) is 0 Å². The van der Waals surface area contributed by atoms with E-state index in [2.05, 4.69) is 99.6 Å². The molecule has 9 heteroatoms. The summed E-state index contributed by atoms with van der Waals surface area (Å²) >= 11 is 0. The third-order valence-corrected chi connectivity index (χ3v) is 15.9. The lowest BCUT2D eigenvalue weighted by Gasteiger charge is -2.76. The first-order valence-electron chi connectivity index (χ1n) is 15.6. The van der Waals surface area contributed by atoms with Gasteiger partial charge >= 0.3 is 0 Å². The average Bonchev–Trinajstić information content (AvgIpc) is 3.14. The van der Waals surface area contributed by atoms with Crippen molar-refractivity contribution in [2.24, 2.45) is 10.8 Å². The molecular formula is C32H52O6P2Si. The van der Waals surface area contributed by atoms with Gasteiger partial charge in [0.1, 0.15) is 0 Å². The van der Waals surface area contributed by atoms with E-state index in [1.807, 2.05) is 0 Å². The summed E-state index contributed by atoms with van der Waals surface area (Å²) in [5.74, 6) is -2.68. The highest BCUT2D eigenvalue weighted by Crippen LogP contribution is 2.75. The lowest BCUT2D eigenvalue weighted by atomic mass is 9.47. The molecule has 9 rings (SSSR count). The molecular weight excluding hydrogens is 570 g/mol. The molecule has 10 atom stereocenters. The van der Waals surface area contributed by atoms with Crippen molar-refractivity contribution in [1.82, 2.24) is 0 Å². The molecule has 0 saturated carbocycles. The van der Waals surface area contributed by atoms with Gasteiger partial charge in [0.05, 0.1) is 41.3 Å². The first-order chi connectivity index (χ1) is 18.5. The summed E-state index contributed by atoms with van der Waals surface area (Å²) < 4.78 is 41.5. The van der Waals surface area contributed by atoms with Crippen LogP contribution < -0.4 is 0 Å². The van der Waals surface area contributed by atoms with Crippen molar-refractivity contribution in [3.05, 3.63) is 22.4 Å². The van der Waals surface area contributed by atoms with Gasteiger partial charge in [-0.1, -0.05) is 36.5 Å². The van der Waals surface area contributed by atoms with Gasteiger partial charge in [0.2, 0.25) is 0 Å². The number of hydrogen-bond donors (Lipinski definition) is 0. The maximum absolute atomic E-state index is 7.12. The topological polar surface area (TPSA) is 55.4 Å². The quantitative estimate of drug-likeness (QED) is 0.247. The van der Waals surface area contributed by atoms with E-state index in [0.29, 0.717) is 25.7 Å². The minimum atomic E-state index is -1.67. The zero-order valence-corrected chi connectivity index (χ0v) is 30.4. The molecule has 41 heavy (non-hydrogen) atoms. The van der Waals surface area contributed by atoms with Crippen LogP contribution in [0.15, 0.2) is 22.4 Å². The van der Waals surface area contributed by atoms with Crippen LogP contribution in [-0.4, -0.2) is 66.0 Å². The van der Waals surface area contributed by atoms with Crippen LogP contribution in [0.3, 0.4) is 0 Å². The van der Waals surface area contributed by atoms with Crippen LogP contribution in [0.2, 0.25) is 19.6 Å². The van der Waals surface area contributed by atoms with E-state index in [1.165, 1.54) is 11.1 Å². The smallest absolute Gasteiger partial charge is 0.172 e. The molecule has 0 radical (unpaired) electrons. The maximum atomic E-state index is 7.12. The summed E-state index contributed by atoms with van der Waals surface area (Å²) in [6.45, 7) is 25.2. The Morgan fingerprint density at radius 3 is 1.24 bits per heavy atom. The Hall–Kier alpha value is 0.317. The van der Waals surface area contributed by atoms with Crippen molar-refractivity contribution in [3.8, 4) is 0 Å². The van der Waals surface area contributed by atoms with Crippen LogP contribution in [0, 0.1) is 10.8 Å². The average molecular weight is 623 g/mol. The Labute approximate surface area is 252 Å². The van der Waals surface area contributed by atoms with Gasteiger partial charge in [-0.2, -0.15) is 0 Å². The molecule has 8 heterocycles. The third kappa shape index (κ3) is 3.38. The Morgan fingerprint density at radius 2 is 0.927 bits per heavy atom. The molecule has 8 fully saturated rings. The second kappa shape index (κ2) is 7.81. The molecule has 0 amide bonds. The Kier molecular flexibility index (Phi) is 5.72. The molecule has 8 saturated heterocycles. The van der Waals surface area contributed by atoms with E-state index in [1.54, 1.807) is 5.20 Å². The van der Waals surface area contributed by atoms with Crippen LogP contribution in [-0.2, 0) is 28.4 Å². The first kappa shape index (κ1) is 30.0. The molecule has 9 aliphatic rings. The highest BCUT2D eigenvalue weighted by Gasteiger charge is 2.81. The second-order valence-electron chi connectivity index (χ2n) is 17.0. The lowest BCUT2D eigenvalue weighted by molar-refractivity contribution is -0.542. The van der Waals surface area contributed by atoms with E-state index < -0.39 is 59.0 Å². The fraction of sp³-hybridized carbons (Fsp3) is 0.875. The standard InChI is InChI=1S/C32H52O6P2Si/c1-23-14-27(5)34-24(2,15-28(6,33-23)37-27)31(23,18-39)21-12-20(41(9,10)11)13-22(21)32(19-40)25(3)16-29(7)36-26(32,4)17-30(8,35-25)38-29/h12H,13-19,39-40H2,1-11H3. The molecule has 0 aromatic carbocycles. The van der Waals surface area contributed by atoms with E-state index in [4.69, 9.17) is 28.4 Å². The molecule has 0 spiro atoms. The second-order valence-corrected chi connectivity index (χ2v) is 22.9. The highest BCUT2D eigenvalue weighted by molar-refractivity contribution is 7.16. The largest absolute Gasteiger partial charge is 0.343 e. The molecule has 0 N–H and O–H groups in total. The van der Waals surface area contributed by atoms with Crippen LogP contribution in [0.1, 0.15) is 87.5 Å². The number of allylic oxidation sites excluding steroid dienone is 2. The predicted molar refractivity (Wildman–Crippen MR) is 169 cm³/mol. The van der Waals surface area contributed by atoms with Crippen molar-refractivity contribution >= 4 is 26.6 Å². The third-order valence-electron chi connectivity index (χ3n) is 12.4. The summed E-state index contributed by atoms with van der Waals surface area (Å²) in [4.78, 5) is 0. The van der Waals surface area contributed by atoms with Crippen molar-refractivity contribution in [1.29, 1.82) is 0 Å². The van der Waals surface area contributed by atoms with Crippen molar-refractivity contribution in [2.45, 2.75) is 153 Å². The van der Waals surface area contributed by atoms with Gasteiger partial charge < -0.3 is 28.4 Å². The van der Waals surface area contributed by atoms with Crippen LogP contribution in [0.25, 0.3) is 0 Å². The predicted octanol–water partition coefficient (Wildman–Crippen LogP) is 6.85. The number of ether oxygens (including phenoxy) is 6. The number of rotatable bonds is 5. The fourth-order valence-corrected chi connectivity index (χ4v) is 15.5. The van der Waals surface area contributed by atoms with Gasteiger partial charge in [-0.3, -0.25) is 0 Å². The summed E-state index contributed by atoms with van der Waals surface area (Å²) in [5, 5.41) is 1.59. The van der Waals surface area contributed by atoms with Gasteiger partial charge in [0, 0.05) is 25.7 Å². The molecule has 6 nitrogen and oxygen atoms in total. The minimum Gasteiger partial charge on any atom is -0.343 e.